The van der Waals surface area contributed by atoms with E-state index in [-0.39, 0.29) is 5.41 Å². The highest BCUT2D eigenvalue weighted by atomic mass is 32.1. The quantitative estimate of drug-likeness (QED) is 0.699. The van der Waals surface area contributed by atoms with Crippen molar-refractivity contribution in [3.63, 3.8) is 0 Å². The lowest BCUT2D eigenvalue weighted by atomic mass is 9.99. The zero-order chi connectivity index (χ0) is 8.77. The van der Waals surface area contributed by atoms with Gasteiger partial charge in [-0.3, -0.25) is 4.79 Å². The molecule has 1 aliphatic rings. The van der Waals surface area contributed by atoms with Gasteiger partial charge in [-0.2, -0.15) is 0 Å². The van der Waals surface area contributed by atoms with E-state index in [9.17, 15) is 4.79 Å². The summed E-state index contributed by atoms with van der Waals surface area (Å²) in [6.45, 7) is 3.67. The van der Waals surface area contributed by atoms with Crippen molar-refractivity contribution in [3.05, 3.63) is 16.1 Å². The highest BCUT2D eigenvalue weighted by Crippen LogP contribution is 2.51. The molecule has 0 bridgehead atoms. The number of aryl methyl sites for hydroxylation is 1. The van der Waals surface area contributed by atoms with E-state index >= 15 is 0 Å². The van der Waals surface area contributed by atoms with Gasteiger partial charge in [-0.05, 0) is 26.7 Å². The third-order valence-electron chi connectivity index (χ3n) is 2.60. The number of carbonyl (C=O) groups is 1. The van der Waals surface area contributed by atoms with Gasteiger partial charge in [0.25, 0.3) is 0 Å². The molecular formula is C9H11NOS. The first-order valence-electron chi connectivity index (χ1n) is 4.08. The standard InChI is InChI=1S/C9H11NOS/c1-6-8(12-5-10-6)9(3-4-9)7(2)11/h5H,3-4H2,1-2H3. The molecule has 1 aliphatic carbocycles. The van der Waals surface area contributed by atoms with Gasteiger partial charge in [0.15, 0.2) is 0 Å². The smallest absolute Gasteiger partial charge is 0.141 e. The Hall–Kier alpha value is -0.700. The number of Topliss-reactive ketones (excluding diaryl/α,β-unsaturated/α-hetero) is 1. The number of ketones is 1. The largest absolute Gasteiger partial charge is 0.299 e. The lowest BCUT2D eigenvalue weighted by Gasteiger charge is -2.08. The van der Waals surface area contributed by atoms with E-state index in [0.717, 1.165) is 18.5 Å². The minimum absolute atomic E-state index is 0.120. The fraction of sp³-hybridized carbons (Fsp3) is 0.556. The maximum Gasteiger partial charge on any atom is 0.141 e. The molecule has 0 unspecified atom stereocenters. The van der Waals surface area contributed by atoms with Gasteiger partial charge < -0.3 is 0 Å². The number of carbonyl (C=O) groups excluding carboxylic acids is 1. The summed E-state index contributed by atoms with van der Waals surface area (Å²) in [6, 6.07) is 0. The van der Waals surface area contributed by atoms with Gasteiger partial charge in [0.2, 0.25) is 0 Å². The minimum Gasteiger partial charge on any atom is -0.299 e. The zero-order valence-corrected chi connectivity index (χ0v) is 8.07. The van der Waals surface area contributed by atoms with Gasteiger partial charge in [0, 0.05) is 4.88 Å². The third kappa shape index (κ3) is 0.926. The van der Waals surface area contributed by atoms with E-state index in [0.29, 0.717) is 5.78 Å². The van der Waals surface area contributed by atoms with Crippen LogP contribution >= 0.6 is 11.3 Å². The molecule has 0 aromatic carbocycles. The van der Waals surface area contributed by atoms with Crippen molar-refractivity contribution in [2.24, 2.45) is 0 Å². The van der Waals surface area contributed by atoms with Crippen molar-refractivity contribution in [2.45, 2.75) is 32.1 Å². The molecule has 3 heteroatoms. The molecule has 12 heavy (non-hydrogen) atoms. The van der Waals surface area contributed by atoms with Crippen LogP contribution in [0.2, 0.25) is 0 Å². The van der Waals surface area contributed by atoms with E-state index in [4.69, 9.17) is 0 Å². The Bertz CT molecular complexity index is 325. The minimum atomic E-state index is -0.120. The Morgan fingerprint density at radius 3 is 2.67 bits per heavy atom. The van der Waals surface area contributed by atoms with Crippen molar-refractivity contribution in [1.29, 1.82) is 0 Å². The fourth-order valence-corrected chi connectivity index (χ4v) is 2.74. The molecule has 0 aliphatic heterocycles. The average Bonchev–Trinajstić information content (AvgIpc) is 2.71. The Balaban J connectivity index is 2.43. The number of hydrogen-bond acceptors (Lipinski definition) is 3. The second kappa shape index (κ2) is 2.39. The molecule has 1 saturated carbocycles. The molecule has 1 aromatic heterocycles. The summed E-state index contributed by atoms with van der Waals surface area (Å²) >= 11 is 1.62. The molecule has 0 saturated heterocycles. The van der Waals surface area contributed by atoms with Crippen LogP contribution in [-0.2, 0) is 10.2 Å². The summed E-state index contributed by atoms with van der Waals surface area (Å²) in [5, 5.41) is 0. The van der Waals surface area contributed by atoms with Gasteiger partial charge in [0.1, 0.15) is 5.78 Å². The van der Waals surface area contributed by atoms with Gasteiger partial charge in [0.05, 0.1) is 16.6 Å². The summed E-state index contributed by atoms with van der Waals surface area (Å²) < 4.78 is 0. The predicted octanol–water partition coefficient (Wildman–Crippen LogP) is 2.07. The number of hydrogen-bond donors (Lipinski definition) is 0. The normalized spacial score (nSPS) is 19.2. The molecule has 1 fully saturated rings. The highest BCUT2D eigenvalue weighted by Gasteiger charge is 2.50. The van der Waals surface area contributed by atoms with Crippen molar-refractivity contribution in [1.82, 2.24) is 4.98 Å². The number of aromatic nitrogens is 1. The SMILES string of the molecule is CC(=O)C1(c2scnc2C)CC1. The van der Waals surface area contributed by atoms with Gasteiger partial charge in [-0.25, -0.2) is 4.98 Å². The van der Waals surface area contributed by atoms with Crippen molar-refractivity contribution in [3.8, 4) is 0 Å². The molecule has 0 N–H and O–H groups in total. The lowest BCUT2D eigenvalue weighted by molar-refractivity contribution is -0.119. The first kappa shape index (κ1) is 7.92. The molecular weight excluding hydrogens is 170 g/mol. The van der Waals surface area contributed by atoms with Crippen LogP contribution in [0.3, 0.4) is 0 Å². The average molecular weight is 181 g/mol. The van der Waals surface area contributed by atoms with Crippen molar-refractivity contribution >= 4 is 17.1 Å². The summed E-state index contributed by atoms with van der Waals surface area (Å²) in [5.74, 6) is 0.301. The van der Waals surface area contributed by atoms with Crippen LogP contribution in [0.15, 0.2) is 5.51 Å². The van der Waals surface area contributed by atoms with E-state index < -0.39 is 0 Å². The summed E-state index contributed by atoms with van der Waals surface area (Å²) in [7, 11) is 0. The summed E-state index contributed by atoms with van der Waals surface area (Å²) in [6.07, 6.45) is 2.04. The third-order valence-corrected chi connectivity index (χ3v) is 3.74. The second-order valence-electron chi connectivity index (χ2n) is 3.41. The van der Waals surface area contributed by atoms with E-state index in [2.05, 4.69) is 4.98 Å². The monoisotopic (exact) mass is 181 g/mol. The molecule has 0 amide bonds. The zero-order valence-electron chi connectivity index (χ0n) is 7.26. The lowest BCUT2D eigenvalue weighted by Crippen LogP contribution is -2.16. The Morgan fingerprint density at radius 1 is 1.67 bits per heavy atom. The van der Waals surface area contributed by atoms with E-state index in [1.807, 2.05) is 12.4 Å². The molecule has 2 nitrogen and oxygen atoms in total. The summed E-state index contributed by atoms with van der Waals surface area (Å²) in [5.41, 5.74) is 2.74. The summed E-state index contributed by atoms with van der Waals surface area (Å²) in [4.78, 5) is 16.7. The van der Waals surface area contributed by atoms with Crippen LogP contribution in [0, 0.1) is 6.92 Å². The molecule has 0 spiro atoms. The van der Waals surface area contributed by atoms with Crippen LogP contribution in [0.5, 0.6) is 0 Å². The predicted molar refractivity (Wildman–Crippen MR) is 48.4 cm³/mol. The van der Waals surface area contributed by atoms with Gasteiger partial charge >= 0.3 is 0 Å². The Kier molecular flexibility index (Phi) is 1.58. The molecule has 1 heterocycles. The fourth-order valence-electron chi connectivity index (χ4n) is 1.63. The van der Waals surface area contributed by atoms with Crippen molar-refractivity contribution in [2.75, 3.05) is 0 Å². The number of nitrogens with zero attached hydrogens (tertiary/aromatic N) is 1. The maximum absolute atomic E-state index is 11.4. The molecule has 0 radical (unpaired) electrons. The number of thiazole rings is 1. The highest BCUT2D eigenvalue weighted by molar-refractivity contribution is 7.10. The Morgan fingerprint density at radius 2 is 2.33 bits per heavy atom. The molecule has 2 rings (SSSR count). The first-order valence-corrected chi connectivity index (χ1v) is 4.96. The second-order valence-corrected chi connectivity index (χ2v) is 4.26. The van der Waals surface area contributed by atoms with Gasteiger partial charge in [-0.1, -0.05) is 0 Å². The van der Waals surface area contributed by atoms with Crippen LogP contribution in [0.4, 0.5) is 0 Å². The van der Waals surface area contributed by atoms with E-state index in [1.54, 1.807) is 18.3 Å². The maximum atomic E-state index is 11.4. The molecule has 64 valence electrons. The van der Waals surface area contributed by atoms with Crippen LogP contribution in [-0.4, -0.2) is 10.8 Å². The molecule has 0 atom stereocenters. The van der Waals surface area contributed by atoms with Crippen molar-refractivity contribution < 1.29 is 4.79 Å². The molecule has 1 aromatic rings. The Labute approximate surface area is 75.6 Å². The topological polar surface area (TPSA) is 30.0 Å². The van der Waals surface area contributed by atoms with Crippen LogP contribution in [0.1, 0.15) is 30.3 Å². The van der Waals surface area contributed by atoms with E-state index in [1.165, 1.54) is 4.88 Å². The van der Waals surface area contributed by atoms with Gasteiger partial charge in [-0.15, -0.1) is 11.3 Å². The van der Waals surface area contributed by atoms with Crippen LogP contribution < -0.4 is 0 Å². The first-order chi connectivity index (χ1) is 5.67. The number of rotatable bonds is 2. The van der Waals surface area contributed by atoms with Crippen LogP contribution in [0.25, 0.3) is 0 Å².